The molecule has 0 saturated carbocycles. The zero-order chi connectivity index (χ0) is 33.8. The van der Waals surface area contributed by atoms with E-state index in [1.54, 1.807) is 41.9 Å². The second kappa shape index (κ2) is 17.3. The average Bonchev–Trinajstić information content (AvgIpc) is 3.53. The number of methoxy groups -OCH3 is 2. The van der Waals surface area contributed by atoms with Crippen LogP contribution in [0.25, 0.3) is 0 Å². The van der Waals surface area contributed by atoms with Crippen LogP contribution in [0.5, 0.6) is 17.2 Å². The fraction of sp³-hybridized carbons (Fsp3) is 0.382. The molecule has 13 heteroatoms. The summed E-state index contributed by atoms with van der Waals surface area (Å²) in [5, 5.41) is 11.8. The lowest BCUT2D eigenvalue weighted by atomic mass is 10.1. The Morgan fingerprint density at radius 3 is 1.66 bits per heavy atom. The van der Waals surface area contributed by atoms with Gasteiger partial charge in [-0.3, -0.25) is 19.8 Å². The molecule has 0 aromatic heterocycles. The Morgan fingerprint density at radius 1 is 0.702 bits per heavy atom. The number of nitrogens with one attached hydrogen (secondary N) is 2. The number of nitrogens with zero attached hydrogens (tertiary/aromatic N) is 2. The van der Waals surface area contributed by atoms with Crippen molar-refractivity contribution in [1.82, 2.24) is 20.6 Å². The summed E-state index contributed by atoms with van der Waals surface area (Å²) >= 11 is 0. The van der Waals surface area contributed by atoms with Crippen molar-refractivity contribution < 1.29 is 43.3 Å². The lowest BCUT2D eigenvalue weighted by molar-refractivity contribution is 0.0591. The van der Waals surface area contributed by atoms with E-state index in [1.807, 2.05) is 32.3 Å². The summed E-state index contributed by atoms with van der Waals surface area (Å²) < 4.78 is 26.0. The Hall–Kier alpha value is -4.69. The normalized spacial score (nSPS) is 15.5. The molecule has 3 aliphatic rings. The third-order valence-corrected chi connectivity index (χ3v) is 7.60. The Balaban J connectivity index is 0.000000160. The van der Waals surface area contributed by atoms with Gasteiger partial charge in [-0.05, 0) is 50.5 Å². The second-order valence-electron chi connectivity index (χ2n) is 11.1. The standard InChI is InChI=1S/C12H15NO3.C11H14N2O3.C11H13NO3/c1-13-5-6-16-11-7-9(12(14)15-2)3-4-10(11)8-13;1-13-4-5-16-10-6-8(11(14)12-15)2-3-9(10)7-13;1-14-11(13)8-2-3-9-7-12-4-5-15-10(9)6-8/h3-4,7H,5-6,8H2,1-2H3;2-3,6,15H,4-5,7H2,1H3,(H,12,14);2-3,6,12H,4-5,7H2,1H3. The molecular weight excluding hydrogens is 608 g/mol. The Bertz CT molecular complexity index is 1470. The van der Waals surface area contributed by atoms with Crippen LogP contribution in [0.15, 0.2) is 54.6 Å². The molecule has 3 aromatic rings. The van der Waals surface area contributed by atoms with Crippen molar-refractivity contribution >= 4 is 17.8 Å². The van der Waals surface area contributed by atoms with Crippen LogP contribution in [0, 0.1) is 0 Å². The van der Waals surface area contributed by atoms with Gasteiger partial charge in [0.2, 0.25) is 0 Å². The van der Waals surface area contributed by atoms with Crippen molar-refractivity contribution in [3.63, 3.8) is 0 Å². The maximum Gasteiger partial charge on any atom is 0.337 e. The van der Waals surface area contributed by atoms with Crippen LogP contribution < -0.4 is 25.0 Å². The van der Waals surface area contributed by atoms with Crippen LogP contribution >= 0.6 is 0 Å². The van der Waals surface area contributed by atoms with Crippen molar-refractivity contribution in [1.29, 1.82) is 0 Å². The molecule has 3 N–H and O–H groups in total. The van der Waals surface area contributed by atoms with Gasteiger partial charge < -0.3 is 29.0 Å². The van der Waals surface area contributed by atoms with Gasteiger partial charge in [-0.25, -0.2) is 15.1 Å². The fourth-order valence-electron chi connectivity index (χ4n) is 4.99. The molecule has 252 valence electrons. The minimum atomic E-state index is -0.524. The van der Waals surface area contributed by atoms with E-state index in [0.29, 0.717) is 42.3 Å². The van der Waals surface area contributed by atoms with Crippen LogP contribution in [-0.4, -0.2) is 101 Å². The van der Waals surface area contributed by atoms with Crippen LogP contribution in [0.1, 0.15) is 47.8 Å². The molecule has 3 heterocycles. The third kappa shape index (κ3) is 9.90. The number of fused-ring (bicyclic) bond motifs is 3. The summed E-state index contributed by atoms with van der Waals surface area (Å²) in [6, 6.07) is 16.0. The number of esters is 2. The molecule has 1 amide bonds. The molecule has 0 bridgehead atoms. The number of hydroxylamine groups is 1. The van der Waals surface area contributed by atoms with E-state index in [2.05, 4.69) is 24.6 Å². The Kier molecular flexibility index (Phi) is 12.9. The predicted octanol–water partition coefficient (Wildman–Crippen LogP) is 2.88. The van der Waals surface area contributed by atoms with Gasteiger partial charge >= 0.3 is 11.9 Å². The SMILES string of the molecule is CN1CCOc2cc(C(=O)NO)ccc2C1.COC(=O)c1ccc2c(c1)OCCN(C)C2.COC(=O)c1ccc2c(c1)OCCNC2. The van der Waals surface area contributed by atoms with Crippen molar-refractivity contribution in [3.8, 4) is 17.2 Å². The van der Waals surface area contributed by atoms with E-state index in [4.69, 9.17) is 19.4 Å². The second-order valence-corrected chi connectivity index (χ2v) is 11.1. The Labute approximate surface area is 274 Å². The molecule has 0 atom stereocenters. The number of carbonyl (C=O) groups excluding carboxylic acids is 3. The molecular formula is C34H42N4O9. The molecule has 3 aliphatic heterocycles. The lowest BCUT2D eigenvalue weighted by Crippen LogP contribution is -2.20. The molecule has 3 aromatic carbocycles. The number of ether oxygens (including phenoxy) is 5. The number of benzene rings is 3. The van der Waals surface area contributed by atoms with Crippen molar-refractivity contribution in [3.05, 3.63) is 88.0 Å². The quantitative estimate of drug-likeness (QED) is 0.218. The monoisotopic (exact) mass is 650 g/mol. The first kappa shape index (κ1) is 35.2. The number of likely N-dealkylation sites (N-methyl/N-ethyl adjacent to an activating group) is 2. The molecule has 0 spiro atoms. The first-order chi connectivity index (χ1) is 22.7. The van der Waals surface area contributed by atoms with E-state index < -0.39 is 5.91 Å². The first-order valence-corrected chi connectivity index (χ1v) is 15.2. The molecule has 6 rings (SSSR count). The smallest absolute Gasteiger partial charge is 0.337 e. The summed E-state index contributed by atoms with van der Waals surface area (Å²) in [4.78, 5) is 38.2. The average molecular weight is 651 g/mol. The summed E-state index contributed by atoms with van der Waals surface area (Å²) in [7, 11) is 6.82. The van der Waals surface area contributed by atoms with Crippen molar-refractivity contribution in [2.45, 2.75) is 19.6 Å². The van der Waals surface area contributed by atoms with E-state index in [0.717, 1.165) is 67.5 Å². The number of hydrogen-bond acceptors (Lipinski definition) is 12. The molecule has 0 fully saturated rings. The number of amides is 1. The number of carbonyl (C=O) groups is 3. The van der Waals surface area contributed by atoms with Gasteiger partial charge in [0.25, 0.3) is 5.91 Å². The minimum Gasteiger partial charge on any atom is -0.492 e. The van der Waals surface area contributed by atoms with Gasteiger partial charge in [-0.2, -0.15) is 0 Å². The predicted molar refractivity (Wildman–Crippen MR) is 172 cm³/mol. The highest BCUT2D eigenvalue weighted by Gasteiger charge is 2.17. The van der Waals surface area contributed by atoms with E-state index in [-0.39, 0.29) is 11.9 Å². The van der Waals surface area contributed by atoms with Gasteiger partial charge in [0.05, 0.1) is 25.3 Å². The van der Waals surface area contributed by atoms with E-state index in [1.165, 1.54) is 14.2 Å². The minimum absolute atomic E-state index is 0.330. The molecule has 0 radical (unpaired) electrons. The highest BCUT2D eigenvalue weighted by molar-refractivity contribution is 5.94. The molecule has 47 heavy (non-hydrogen) atoms. The van der Waals surface area contributed by atoms with Crippen LogP contribution in [0.2, 0.25) is 0 Å². The number of rotatable bonds is 3. The van der Waals surface area contributed by atoms with Crippen molar-refractivity contribution in [2.75, 3.05) is 67.8 Å². The van der Waals surface area contributed by atoms with Gasteiger partial charge in [0.1, 0.15) is 37.1 Å². The Morgan fingerprint density at radius 2 is 1.15 bits per heavy atom. The number of hydrogen-bond donors (Lipinski definition) is 3. The molecule has 13 nitrogen and oxygen atoms in total. The van der Waals surface area contributed by atoms with Gasteiger partial charge in [0, 0.05) is 61.5 Å². The van der Waals surface area contributed by atoms with Crippen molar-refractivity contribution in [2.24, 2.45) is 0 Å². The highest BCUT2D eigenvalue weighted by Crippen LogP contribution is 2.26. The maximum atomic E-state index is 11.4. The largest absolute Gasteiger partial charge is 0.492 e. The van der Waals surface area contributed by atoms with Crippen LogP contribution in [-0.2, 0) is 29.1 Å². The van der Waals surface area contributed by atoms with E-state index in [9.17, 15) is 14.4 Å². The molecule has 0 unspecified atom stereocenters. The topological polar surface area (TPSA) is 148 Å². The highest BCUT2D eigenvalue weighted by atomic mass is 16.5. The first-order valence-electron chi connectivity index (χ1n) is 15.2. The van der Waals surface area contributed by atoms with Gasteiger partial charge in [-0.15, -0.1) is 0 Å². The fourth-order valence-corrected chi connectivity index (χ4v) is 4.99. The summed E-state index contributed by atoms with van der Waals surface area (Å²) in [6.45, 7) is 6.87. The maximum absolute atomic E-state index is 11.4. The molecule has 0 aliphatic carbocycles. The van der Waals surface area contributed by atoms with Gasteiger partial charge in [-0.1, -0.05) is 18.2 Å². The third-order valence-electron chi connectivity index (χ3n) is 7.60. The zero-order valence-electron chi connectivity index (χ0n) is 27.2. The summed E-state index contributed by atoms with van der Waals surface area (Å²) in [5.41, 5.74) is 6.29. The zero-order valence-corrected chi connectivity index (χ0v) is 27.2. The van der Waals surface area contributed by atoms with Gasteiger partial charge in [0.15, 0.2) is 0 Å². The summed E-state index contributed by atoms with van der Waals surface area (Å²) in [5.74, 6) is 1.08. The lowest BCUT2D eigenvalue weighted by Gasteiger charge is -2.11. The van der Waals surface area contributed by atoms with E-state index >= 15 is 0 Å². The van der Waals surface area contributed by atoms with Crippen LogP contribution in [0.3, 0.4) is 0 Å². The summed E-state index contributed by atoms with van der Waals surface area (Å²) in [6.07, 6.45) is 0. The molecule has 0 saturated heterocycles. The van der Waals surface area contributed by atoms with Crippen LogP contribution in [0.4, 0.5) is 0 Å².